The lowest BCUT2D eigenvalue weighted by Gasteiger charge is -2.11. The number of halogens is 4. The zero-order valence-corrected chi connectivity index (χ0v) is 53.1. The molecule has 2 N–H and O–H groups in total. The number of aromatic amines is 2. The summed E-state index contributed by atoms with van der Waals surface area (Å²) in [5.74, 6) is 0. The van der Waals surface area contributed by atoms with Crippen LogP contribution in [0.4, 0.5) is 0 Å². The summed E-state index contributed by atoms with van der Waals surface area (Å²) in [4.78, 5) is 21.1. The van der Waals surface area contributed by atoms with Crippen LogP contribution in [-0.4, -0.2) is 19.9 Å². The van der Waals surface area contributed by atoms with Crippen molar-refractivity contribution in [3.05, 3.63) is 257 Å². The lowest BCUT2D eigenvalue weighted by atomic mass is 9.91. The van der Waals surface area contributed by atoms with E-state index in [0.717, 1.165) is 191 Å². The molecule has 8 bridgehead atoms. The molecule has 0 saturated heterocycles. The van der Waals surface area contributed by atoms with Crippen molar-refractivity contribution in [3.63, 3.8) is 0 Å². The van der Waals surface area contributed by atoms with Crippen LogP contribution in [0.25, 0.3) is 176 Å². The maximum atomic E-state index is 6.22. The number of aromatic nitrogens is 4. The number of fused-ring (bicyclic) bond motifs is 4. The Balaban J connectivity index is 1.23. The van der Waals surface area contributed by atoms with Gasteiger partial charge in [0.15, 0.2) is 0 Å². The molecule has 0 amide bonds. The zero-order valence-electron chi connectivity index (χ0n) is 44.5. The molecule has 0 fully saturated rings. The molecular formula is C76H42I4N4. The van der Waals surface area contributed by atoms with E-state index in [1.54, 1.807) is 0 Å². The SMILES string of the molecule is Ic1ccc(-c2c3nc(c(-c4ccc(I)cc4)c4[nH]c(c(-c5ccc(I)cc5)c5nc(c(-c6ccc(I)cc6)c6[nH]c2c2cc7ccccc7cc62)-c2cc6ccccc6cc2-5)c2cc5ccccc5cc42)-c2cc4ccccc4cc2-3)cc1. The van der Waals surface area contributed by atoms with Crippen LogP contribution in [0.1, 0.15) is 0 Å². The second-order valence-corrected chi connectivity index (χ2v) is 26.9. The molecule has 0 radical (unpaired) electrons. The van der Waals surface area contributed by atoms with E-state index in [1.807, 2.05) is 0 Å². The Kier molecular flexibility index (Phi) is 12.0. The molecule has 12 aromatic carbocycles. The van der Waals surface area contributed by atoms with Gasteiger partial charge in [-0.1, -0.05) is 146 Å². The van der Waals surface area contributed by atoms with Crippen LogP contribution >= 0.6 is 90.4 Å². The number of benzene rings is 12. The van der Waals surface area contributed by atoms with Gasteiger partial charge < -0.3 is 9.97 Å². The number of hydrogen-bond acceptors (Lipinski definition) is 2. The second kappa shape index (κ2) is 19.9. The molecule has 17 rings (SSSR count). The third-order valence-electron chi connectivity index (χ3n) is 17.1. The third-order valence-corrected chi connectivity index (χ3v) is 19.9. The summed E-state index contributed by atoms with van der Waals surface area (Å²) in [6.45, 7) is 0. The minimum absolute atomic E-state index is 0.902. The van der Waals surface area contributed by atoms with Gasteiger partial charge in [-0.3, -0.25) is 0 Å². The molecule has 394 valence electrons. The fourth-order valence-electron chi connectivity index (χ4n) is 13.2. The van der Waals surface area contributed by atoms with Crippen LogP contribution in [0.2, 0.25) is 0 Å². The Morgan fingerprint density at radius 3 is 0.619 bits per heavy atom. The van der Waals surface area contributed by atoms with E-state index in [9.17, 15) is 0 Å². The number of H-pyrrole nitrogens is 2. The van der Waals surface area contributed by atoms with Crippen LogP contribution in [-0.2, 0) is 0 Å². The molecule has 8 heteroatoms. The summed E-state index contributed by atoms with van der Waals surface area (Å²) in [6, 6.07) is 90.2. The Morgan fingerprint density at radius 1 is 0.226 bits per heavy atom. The largest absolute Gasteiger partial charge is 0.353 e. The topological polar surface area (TPSA) is 57.4 Å². The summed E-state index contributed by atoms with van der Waals surface area (Å²) in [5, 5.41) is 13.6. The van der Waals surface area contributed by atoms with E-state index in [2.05, 4.69) is 343 Å². The van der Waals surface area contributed by atoms with E-state index in [0.29, 0.717) is 0 Å². The predicted octanol–water partition coefficient (Wildman–Crippen LogP) is 23.0. The molecule has 0 atom stereocenters. The van der Waals surface area contributed by atoms with Crippen molar-refractivity contribution in [3.8, 4) is 89.5 Å². The van der Waals surface area contributed by atoms with E-state index in [-0.39, 0.29) is 0 Å². The lowest BCUT2D eigenvalue weighted by molar-refractivity contribution is 1.39. The molecule has 14 aromatic rings. The van der Waals surface area contributed by atoms with Gasteiger partial charge in [0.1, 0.15) is 0 Å². The van der Waals surface area contributed by atoms with Crippen LogP contribution in [0, 0.1) is 14.3 Å². The van der Waals surface area contributed by atoms with Crippen LogP contribution in [0.15, 0.2) is 243 Å². The van der Waals surface area contributed by atoms with Gasteiger partial charge >= 0.3 is 0 Å². The molecule has 4 heterocycles. The Morgan fingerprint density at radius 2 is 0.417 bits per heavy atom. The number of nitrogens with one attached hydrogen (secondary N) is 2. The maximum Gasteiger partial charge on any atom is 0.0816 e. The van der Waals surface area contributed by atoms with Crippen LogP contribution in [0.3, 0.4) is 0 Å². The highest BCUT2D eigenvalue weighted by atomic mass is 127. The summed E-state index contributed by atoms with van der Waals surface area (Å²) < 4.78 is 4.63. The Bertz CT molecular complexity index is 4830. The van der Waals surface area contributed by atoms with E-state index in [4.69, 9.17) is 9.97 Å². The van der Waals surface area contributed by atoms with E-state index in [1.165, 1.54) is 0 Å². The highest BCUT2D eigenvalue weighted by Gasteiger charge is 2.31. The molecule has 84 heavy (non-hydrogen) atoms. The Hall–Kier alpha value is -7.76. The van der Waals surface area contributed by atoms with Crippen LogP contribution in [0.5, 0.6) is 0 Å². The minimum Gasteiger partial charge on any atom is -0.353 e. The molecule has 0 saturated carbocycles. The monoisotopic (exact) mass is 1520 g/mol. The van der Waals surface area contributed by atoms with Gasteiger partial charge in [-0.2, -0.15) is 0 Å². The molecule has 2 aliphatic heterocycles. The fraction of sp³-hybridized carbons (Fsp3) is 0. The molecule has 2 aromatic heterocycles. The minimum atomic E-state index is 0.902. The average molecular weight is 1520 g/mol. The van der Waals surface area contributed by atoms with Crippen molar-refractivity contribution < 1.29 is 0 Å². The first-order chi connectivity index (χ1) is 41.2. The van der Waals surface area contributed by atoms with Crippen molar-refractivity contribution in [2.75, 3.05) is 0 Å². The summed E-state index contributed by atoms with van der Waals surface area (Å²) >= 11 is 9.74. The fourth-order valence-corrected chi connectivity index (χ4v) is 14.6. The normalized spacial score (nSPS) is 12.0. The smallest absolute Gasteiger partial charge is 0.0816 e. The average Bonchev–Trinajstić information content (AvgIpc) is 1.80. The lowest BCUT2D eigenvalue weighted by Crippen LogP contribution is -1.88. The molecular weight excluding hydrogens is 1480 g/mol. The van der Waals surface area contributed by atoms with Gasteiger partial charge in [-0.15, -0.1) is 0 Å². The van der Waals surface area contributed by atoms with E-state index >= 15 is 0 Å². The van der Waals surface area contributed by atoms with Crippen molar-refractivity contribution >= 4 is 177 Å². The summed E-state index contributed by atoms with van der Waals surface area (Å²) in [6.07, 6.45) is 0. The number of hydrogen-bond donors (Lipinski definition) is 2. The first-order valence-electron chi connectivity index (χ1n) is 27.9. The van der Waals surface area contributed by atoms with Gasteiger partial charge in [0, 0.05) is 80.3 Å². The number of nitrogens with zero attached hydrogens (tertiary/aromatic N) is 2. The van der Waals surface area contributed by atoms with Gasteiger partial charge in [-0.25, -0.2) is 9.97 Å². The molecule has 1 aliphatic carbocycles. The highest BCUT2D eigenvalue weighted by molar-refractivity contribution is 14.1. The van der Waals surface area contributed by atoms with E-state index < -0.39 is 0 Å². The summed E-state index contributed by atoms with van der Waals surface area (Å²) in [5.41, 5.74) is 20.2. The molecule has 0 unspecified atom stereocenters. The van der Waals surface area contributed by atoms with Crippen molar-refractivity contribution in [1.82, 2.24) is 19.9 Å². The predicted molar refractivity (Wildman–Crippen MR) is 388 cm³/mol. The standard InChI is InChI=1S/C76H42I4N4/c77-53-25-17-41(18-26-53)65-69-57-33-45-9-1-2-10-46(45)34-58(57)70(81-69)66(42-19-27-54(78)28-20-42)72-61-37-49-13-5-6-14-50(49)38-62(61)74(83-72)68(44-23-31-56(80)32-24-44)76-64-40-52-16-8-7-15-51(52)39-63(64)75(84-76)67(43-21-29-55(79)30-22-43)73-60-36-48-12-4-3-11-47(48)35-59(60)71(65)82-73/h1-40,81,84H. The zero-order chi connectivity index (χ0) is 55.9. The molecule has 4 nitrogen and oxygen atoms in total. The van der Waals surface area contributed by atoms with Crippen molar-refractivity contribution in [1.29, 1.82) is 0 Å². The number of rotatable bonds is 4. The van der Waals surface area contributed by atoms with Crippen molar-refractivity contribution in [2.24, 2.45) is 0 Å². The van der Waals surface area contributed by atoms with Gasteiger partial charge in [-0.05, 0) is 253 Å². The first kappa shape index (κ1) is 50.7. The third kappa shape index (κ3) is 8.21. The maximum absolute atomic E-state index is 6.22. The molecule has 0 spiro atoms. The van der Waals surface area contributed by atoms with Gasteiger partial charge in [0.2, 0.25) is 0 Å². The summed E-state index contributed by atoms with van der Waals surface area (Å²) in [7, 11) is 0. The Labute approximate surface area is 537 Å². The second-order valence-electron chi connectivity index (χ2n) is 21.9. The first-order valence-corrected chi connectivity index (χ1v) is 32.2. The highest BCUT2D eigenvalue weighted by Crippen LogP contribution is 2.54. The van der Waals surface area contributed by atoms with Crippen LogP contribution < -0.4 is 0 Å². The molecule has 3 aliphatic rings. The van der Waals surface area contributed by atoms with Crippen molar-refractivity contribution in [2.45, 2.75) is 0 Å². The van der Waals surface area contributed by atoms with Gasteiger partial charge in [0.25, 0.3) is 0 Å². The van der Waals surface area contributed by atoms with Gasteiger partial charge in [0.05, 0.1) is 44.8 Å². The quantitative estimate of drug-likeness (QED) is 0.173.